The van der Waals surface area contributed by atoms with Crippen LogP contribution in [0.15, 0.2) is 0 Å². The van der Waals surface area contributed by atoms with Gasteiger partial charge in [0.1, 0.15) is 0 Å². The van der Waals surface area contributed by atoms with Gasteiger partial charge in [-0.25, -0.2) is 0 Å². The van der Waals surface area contributed by atoms with Gasteiger partial charge in [-0.3, -0.25) is 4.79 Å². The lowest BCUT2D eigenvalue weighted by atomic mass is 9.70. The van der Waals surface area contributed by atoms with E-state index in [2.05, 4.69) is 0 Å². The molecule has 0 aromatic carbocycles. The van der Waals surface area contributed by atoms with Crippen LogP contribution in [-0.2, 0) is 14.3 Å². The van der Waals surface area contributed by atoms with Gasteiger partial charge in [-0.05, 0) is 31.1 Å². The van der Waals surface area contributed by atoms with Crippen molar-refractivity contribution in [2.45, 2.75) is 51.0 Å². The maximum absolute atomic E-state index is 11.7. The van der Waals surface area contributed by atoms with E-state index in [0.717, 1.165) is 12.8 Å². The molecule has 0 aromatic heterocycles. The van der Waals surface area contributed by atoms with Crippen LogP contribution in [0.4, 0.5) is 0 Å². The predicted molar refractivity (Wildman–Crippen MR) is 61.1 cm³/mol. The third-order valence-electron chi connectivity index (χ3n) is 4.53. The summed E-state index contributed by atoms with van der Waals surface area (Å²) >= 11 is 0. The number of carbonyl (C=O) groups is 1. The molecule has 0 aromatic rings. The zero-order valence-corrected chi connectivity index (χ0v) is 10.3. The molecule has 0 radical (unpaired) electrons. The lowest BCUT2D eigenvalue weighted by molar-refractivity contribution is -0.152. The highest BCUT2D eigenvalue weighted by molar-refractivity contribution is 5.73. The highest BCUT2D eigenvalue weighted by Gasteiger charge is 2.51. The summed E-state index contributed by atoms with van der Waals surface area (Å²) in [5.41, 5.74) is 0.270. The smallest absolute Gasteiger partial charge is 0.311 e. The molecule has 0 bridgehead atoms. The molecule has 0 amide bonds. The fourth-order valence-electron chi connectivity index (χ4n) is 3.76. The van der Waals surface area contributed by atoms with E-state index in [-0.39, 0.29) is 23.4 Å². The summed E-state index contributed by atoms with van der Waals surface area (Å²) in [5, 5.41) is 0. The zero-order chi connectivity index (χ0) is 11.6. The minimum absolute atomic E-state index is 0.0342. The first-order valence-electron chi connectivity index (χ1n) is 6.34. The van der Waals surface area contributed by atoms with Crippen molar-refractivity contribution in [2.24, 2.45) is 11.3 Å². The Morgan fingerprint density at radius 1 is 1.12 bits per heavy atom. The second-order valence-corrected chi connectivity index (χ2v) is 5.25. The first kappa shape index (κ1) is 11.9. The van der Waals surface area contributed by atoms with Crippen molar-refractivity contribution in [1.82, 2.24) is 0 Å². The molecule has 2 aliphatic rings. The largest absolute Gasteiger partial charge is 0.469 e. The van der Waals surface area contributed by atoms with Gasteiger partial charge in [-0.15, -0.1) is 0 Å². The Kier molecular flexibility index (Phi) is 3.53. The van der Waals surface area contributed by atoms with Gasteiger partial charge in [0.2, 0.25) is 0 Å². The van der Waals surface area contributed by atoms with Crippen molar-refractivity contribution < 1.29 is 14.3 Å². The molecule has 0 aliphatic heterocycles. The van der Waals surface area contributed by atoms with E-state index in [1.165, 1.54) is 39.2 Å². The number of hydrogen-bond donors (Lipinski definition) is 0. The van der Waals surface area contributed by atoms with E-state index in [4.69, 9.17) is 9.47 Å². The Morgan fingerprint density at radius 3 is 2.38 bits per heavy atom. The van der Waals surface area contributed by atoms with Crippen LogP contribution in [0.25, 0.3) is 0 Å². The first-order valence-corrected chi connectivity index (χ1v) is 6.34. The molecule has 2 fully saturated rings. The number of methoxy groups -OCH3 is 2. The second-order valence-electron chi connectivity index (χ2n) is 5.25. The van der Waals surface area contributed by atoms with Crippen LogP contribution in [0.2, 0.25) is 0 Å². The molecule has 2 rings (SSSR count). The number of esters is 1. The number of rotatable bonds is 2. The first-order chi connectivity index (χ1) is 7.73. The molecule has 2 saturated carbocycles. The number of carbonyl (C=O) groups excluding carboxylic acids is 1. The normalized spacial score (nSPS) is 32.9. The second kappa shape index (κ2) is 4.74. The van der Waals surface area contributed by atoms with E-state index >= 15 is 0 Å². The molecule has 0 heterocycles. The van der Waals surface area contributed by atoms with Gasteiger partial charge in [-0.2, -0.15) is 0 Å². The van der Waals surface area contributed by atoms with Gasteiger partial charge in [0.25, 0.3) is 0 Å². The summed E-state index contributed by atoms with van der Waals surface area (Å²) in [6.45, 7) is 0. The standard InChI is InChI=1S/C13H22O3/c1-15-11-10(12(14)16-2)6-9-13(11)7-4-3-5-8-13/h10-11H,3-9H2,1-2H3. The molecule has 3 heteroatoms. The third-order valence-corrected chi connectivity index (χ3v) is 4.53. The number of hydrogen-bond acceptors (Lipinski definition) is 3. The Morgan fingerprint density at radius 2 is 1.81 bits per heavy atom. The molecule has 0 saturated heterocycles. The van der Waals surface area contributed by atoms with Gasteiger partial charge in [0.05, 0.1) is 19.1 Å². The molecule has 16 heavy (non-hydrogen) atoms. The van der Waals surface area contributed by atoms with E-state index in [1.54, 1.807) is 7.11 Å². The van der Waals surface area contributed by atoms with E-state index in [1.807, 2.05) is 0 Å². The van der Waals surface area contributed by atoms with Crippen LogP contribution in [0.1, 0.15) is 44.9 Å². The maximum atomic E-state index is 11.7. The average molecular weight is 226 g/mol. The lowest BCUT2D eigenvalue weighted by Gasteiger charge is -2.39. The van der Waals surface area contributed by atoms with E-state index in [0.29, 0.717) is 0 Å². The molecular formula is C13H22O3. The highest BCUT2D eigenvalue weighted by Crippen LogP contribution is 2.52. The Bertz CT molecular complexity index is 256. The van der Waals surface area contributed by atoms with Crippen molar-refractivity contribution in [3.63, 3.8) is 0 Å². The van der Waals surface area contributed by atoms with E-state index in [9.17, 15) is 4.79 Å². The van der Waals surface area contributed by atoms with Crippen LogP contribution >= 0.6 is 0 Å². The minimum atomic E-state index is -0.0886. The summed E-state index contributed by atoms with van der Waals surface area (Å²) in [7, 11) is 3.21. The molecule has 3 nitrogen and oxygen atoms in total. The van der Waals surface area contributed by atoms with Gasteiger partial charge >= 0.3 is 5.97 Å². The van der Waals surface area contributed by atoms with Gasteiger partial charge < -0.3 is 9.47 Å². The quantitative estimate of drug-likeness (QED) is 0.679. The summed E-state index contributed by atoms with van der Waals surface area (Å²) in [6, 6.07) is 0. The van der Waals surface area contributed by atoms with Crippen molar-refractivity contribution in [3.8, 4) is 0 Å². The van der Waals surface area contributed by atoms with Crippen LogP contribution in [0.5, 0.6) is 0 Å². The zero-order valence-electron chi connectivity index (χ0n) is 10.3. The van der Waals surface area contributed by atoms with Gasteiger partial charge in [-0.1, -0.05) is 19.3 Å². The van der Waals surface area contributed by atoms with Crippen molar-refractivity contribution in [3.05, 3.63) is 0 Å². The Hall–Kier alpha value is -0.570. The predicted octanol–water partition coefficient (Wildman–Crippen LogP) is 2.53. The SMILES string of the molecule is COC(=O)C1CCC2(CCCCC2)C1OC. The van der Waals surface area contributed by atoms with Crippen LogP contribution in [-0.4, -0.2) is 26.3 Å². The topological polar surface area (TPSA) is 35.5 Å². The molecule has 0 N–H and O–H groups in total. The van der Waals surface area contributed by atoms with E-state index < -0.39 is 0 Å². The maximum Gasteiger partial charge on any atom is 0.311 e. The summed E-state index contributed by atoms with van der Waals surface area (Å²) in [4.78, 5) is 11.7. The molecule has 2 atom stereocenters. The number of ether oxygens (including phenoxy) is 2. The fourth-order valence-corrected chi connectivity index (χ4v) is 3.76. The van der Waals surface area contributed by atoms with Crippen LogP contribution < -0.4 is 0 Å². The Labute approximate surface area is 97.5 Å². The van der Waals surface area contributed by atoms with Crippen molar-refractivity contribution in [1.29, 1.82) is 0 Å². The fraction of sp³-hybridized carbons (Fsp3) is 0.923. The average Bonchev–Trinajstić information content (AvgIpc) is 2.67. The monoisotopic (exact) mass is 226 g/mol. The molecule has 92 valence electrons. The van der Waals surface area contributed by atoms with Gasteiger partial charge in [0.15, 0.2) is 0 Å². The summed E-state index contributed by atoms with van der Waals surface area (Å²) in [6.07, 6.45) is 8.50. The summed E-state index contributed by atoms with van der Waals surface area (Å²) in [5.74, 6) is -0.123. The van der Waals surface area contributed by atoms with Crippen molar-refractivity contribution in [2.75, 3.05) is 14.2 Å². The van der Waals surface area contributed by atoms with Gasteiger partial charge in [0, 0.05) is 7.11 Å². The third kappa shape index (κ3) is 1.86. The lowest BCUT2D eigenvalue weighted by Crippen LogP contribution is -2.39. The molecular weight excluding hydrogens is 204 g/mol. The Balaban J connectivity index is 2.13. The molecule has 2 aliphatic carbocycles. The minimum Gasteiger partial charge on any atom is -0.469 e. The van der Waals surface area contributed by atoms with Crippen LogP contribution in [0, 0.1) is 11.3 Å². The van der Waals surface area contributed by atoms with Crippen LogP contribution in [0.3, 0.4) is 0 Å². The molecule has 1 spiro atoms. The van der Waals surface area contributed by atoms with Crippen molar-refractivity contribution >= 4 is 5.97 Å². The summed E-state index contributed by atoms with van der Waals surface area (Å²) < 4.78 is 10.5. The highest BCUT2D eigenvalue weighted by atomic mass is 16.5. The molecule has 2 unspecified atom stereocenters.